The molecule has 0 spiro atoms. The molecule has 1 aromatic rings. The molecule has 2 N–H and O–H groups in total. The van der Waals surface area contributed by atoms with Gasteiger partial charge in [-0.15, -0.1) is 0 Å². The Hall–Kier alpha value is -1.08. The molecule has 4 heteroatoms. The summed E-state index contributed by atoms with van der Waals surface area (Å²) in [5.74, 6) is 0. The lowest BCUT2D eigenvalue weighted by Gasteiger charge is -2.33. The highest BCUT2D eigenvalue weighted by molar-refractivity contribution is 6.31. The van der Waals surface area contributed by atoms with Crippen molar-refractivity contribution in [1.29, 1.82) is 5.26 Å². The van der Waals surface area contributed by atoms with E-state index in [9.17, 15) is 0 Å². The summed E-state index contributed by atoms with van der Waals surface area (Å²) >= 11 is 5.87. The summed E-state index contributed by atoms with van der Waals surface area (Å²) in [6, 6.07) is 7.46. The molecule has 0 unspecified atom stereocenters. The van der Waals surface area contributed by atoms with Gasteiger partial charge in [-0.05, 0) is 37.2 Å². The van der Waals surface area contributed by atoms with Gasteiger partial charge in [-0.3, -0.25) is 0 Å². The average molecular weight is 236 g/mol. The summed E-state index contributed by atoms with van der Waals surface area (Å²) in [5, 5.41) is 9.37. The van der Waals surface area contributed by atoms with E-state index in [2.05, 4.69) is 11.0 Å². The number of nitriles is 1. The fourth-order valence-electron chi connectivity index (χ4n) is 1.81. The third-order valence-electron chi connectivity index (χ3n) is 2.94. The number of rotatable bonds is 3. The van der Waals surface area contributed by atoms with Gasteiger partial charge < -0.3 is 10.6 Å². The normalized spacial score (nSPS) is 17.6. The van der Waals surface area contributed by atoms with Gasteiger partial charge in [0.15, 0.2) is 0 Å². The Labute approximate surface area is 100 Å². The van der Waals surface area contributed by atoms with Crippen LogP contribution in [0.25, 0.3) is 0 Å². The molecule has 0 radical (unpaired) electrons. The third-order valence-corrected chi connectivity index (χ3v) is 3.27. The van der Waals surface area contributed by atoms with E-state index in [4.69, 9.17) is 22.6 Å². The lowest BCUT2D eigenvalue weighted by Crippen LogP contribution is -2.41. The molecule has 1 heterocycles. The molecule has 0 saturated carbocycles. The quantitative estimate of drug-likeness (QED) is 0.871. The first-order valence-corrected chi connectivity index (χ1v) is 5.76. The number of hydrogen-bond donors (Lipinski definition) is 1. The lowest BCUT2D eigenvalue weighted by molar-refractivity contribution is 0.170. The standard InChI is InChI=1S/C12H14ClN3/c13-11-3-2-9(6-10(11)7-14)12(15)8-16-4-1-5-16/h2-3,6,12H,1,4-5,8,15H2/t12-/m1/s1. The minimum atomic E-state index is -0.0373. The van der Waals surface area contributed by atoms with Crippen molar-refractivity contribution in [1.82, 2.24) is 4.90 Å². The molecule has 0 amide bonds. The van der Waals surface area contributed by atoms with Crippen LogP contribution in [0.1, 0.15) is 23.6 Å². The summed E-state index contributed by atoms with van der Waals surface area (Å²) in [5.41, 5.74) is 7.56. The van der Waals surface area contributed by atoms with Crippen molar-refractivity contribution in [2.24, 2.45) is 5.73 Å². The minimum Gasteiger partial charge on any atom is -0.323 e. The SMILES string of the molecule is N#Cc1cc([C@H](N)CN2CCC2)ccc1Cl. The number of nitrogens with zero attached hydrogens (tertiary/aromatic N) is 2. The maximum Gasteiger partial charge on any atom is 0.101 e. The van der Waals surface area contributed by atoms with Crippen LogP contribution in [-0.2, 0) is 0 Å². The predicted molar refractivity (Wildman–Crippen MR) is 64.2 cm³/mol. The minimum absolute atomic E-state index is 0.0373. The van der Waals surface area contributed by atoms with Gasteiger partial charge in [0.25, 0.3) is 0 Å². The van der Waals surface area contributed by atoms with Crippen LogP contribution in [0.4, 0.5) is 0 Å². The Morgan fingerprint density at radius 1 is 1.50 bits per heavy atom. The van der Waals surface area contributed by atoms with Crippen molar-refractivity contribution in [2.75, 3.05) is 19.6 Å². The monoisotopic (exact) mass is 235 g/mol. The molecular formula is C12H14ClN3. The summed E-state index contributed by atoms with van der Waals surface area (Å²) in [6.45, 7) is 3.12. The van der Waals surface area contributed by atoms with Crippen LogP contribution in [0, 0.1) is 11.3 Å². The lowest BCUT2D eigenvalue weighted by atomic mass is 10.0. The molecule has 1 fully saturated rings. The van der Waals surface area contributed by atoms with Crippen molar-refractivity contribution in [2.45, 2.75) is 12.5 Å². The second kappa shape index (κ2) is 4.84. The molecule has 84 valence electrons. The van der Waals surface area contributed by atoms with Crippen LogP contribution in [0.2, 0.25) is 5.02 Å². The summed E-state index contributed by atoms with van der Waals surface area (Å²) in [7, 11) is 0. The first kappa shape index (κ1) is 11.4. The first-order valence-electron chi connectivity index (χ1n) is 5.38. The van der Waals surface area contributed by atoms with Gasteiger partial charge in [-0.1, -0.05) is 17.7 Å². The van der Waals surface area contributed by atoms with Crippen molar-refractivity contribution >= 4 is 11.6 Å². The molecule has 0 aliphatic carbocycles. The van der Waals surface area contributed by atoms with Crippen molar-refractivity contribution in [3.63, 3.8) is 0 Å². The molecule has 1 aliphatic heterocycles. The number of hydrogen-bond acceptors (Lipinski definition) is 3. The van der Waals surface area contributed by atoms with E-state index in [1.165, 1.54) is 6.42 Å². The average Bonchev–Trinajstić information content (AvgIpc) is 2.24. The fourth-order valence-corrected chi connectivity index (χ4v) is 1.97. The highest BCUT2D eigenvalue weighted by Gasteiger charge is 2.18. The highest BCUT2D eigenvalue weighted by atomic mass is 35.5. The zero-order chi connectivity index (χ0) is 11.5. The number of benzene rings is 1. The number of nitrogens with two attached hydrogens (primary N) is 1. The largest absolute Gasteiger partial charge is 0.323 e. The summed E-state index contributed by atoms with van der Waals surface area (Å²) in [6.07, 6.45) is 1.26. The second-order valence-corrected chi connectivity index (χ2v) is 4.52. The summed E-state index contributed by atoms with van der Waals surface area (Å²) in [4.78, 5) is 2.31. The number of halogens is 1. The van der Waals surface area contributed by atoms with E-state index < -0.39 is 0 Å². The van der Waals surface area contributed by atoms with E-state index >= 15 is 0 Å². The molecule has 1 saturated heterocycles. The molecule has 1 atom stereocenters. The van der Waals surface area contributed by atoms with Crippen LogP contribution in [0.15, 0.2) is 18.2 Å². The van der Waals surface area contributed by atoms with Crippen LogP contribution in [0.5, 0.6) is 0 Å². The Morgan fingerprint density at radius 2 is 2.25 bits per heavy atom. The van der Waals surface area contributed by atoms with E-state index in [1.807, 2.05) is 6.07 Å². The Bertz CT molecular complexity index is 421. The Balaban J connectivity index is 2.10. The van der Waals surface area contributed by atoms with Crippen molar-refractivity contribution < 1.29 is 0 Å². The van der Waals surface area contributed by atoms with Crippen LogP contribution >= 0.6 is 11.6 Å². The molecule has 0 bridgehead atoms. The zero-order valence-corrected chi connectivity index (χ0v) is 9.74. The zero-order valence-electron chi connectivity index (χ0n) is 8.99. The third kappa shape index (κ3) is 2.35. The molecule has 2 rings (SSSR count). The van der Waals surface area contributed by atoms with Gasteiger partial charge in [0.1, 0.15) is 6.07 Å². The fraction of sp³-hybridized carbons (Fsp3) is 0.417. The first-order chi connectivity index (χ1) is 7.70. The topological polar surface area (TPSA) is 53.1 Å². The molecule has 1 aliphatic rings. The highest BCUT2D eigenvalue weighted by Crippen LogP contribution is 2.21. The van der Waals surface area contributed by atoms with Gasteiger partial charge in [-0.2, -0.15) is 5.26 Å². The van der Waals surface area contributed by atoms with E-state index in [1.54, 1.807) is 12.1 Å². The number of likely N-dealkylation sites (tertiary alicyclic amines) is 1. The molecule has 1 aromatic carbocycles. The van der Waals surface area contributed by atoms with E-state index in [0.29, 0.717) is 10.6 Å². The predicted octanol–water partition coefficient (Wildman–Crippen LogP) is 1.92. The maximum absolute atomic E-state index is 8.88. The summed E-state index contributed by atoms with van der Waals surface area (Å²) < 4.78 is 0. The molecule has 16 heavy (non-hydrogen) atoms. The van der Waals surface area contributed by atoms with Crippen molar-refractivity contribution in [3.8, 4) is 6.07 Å². The Morgan fingerprint density at radius 3 is 2.81 bits per heavy atom. The molecule has 0 aromatic heterocycles. The molecular weight excluding hydrogens is 222 g/mol. The maximum atomic E-state index is 8.88. The van der Waals surface area contributed by atoms with Crippen LogP contribution in [0.3, 0.4) is 0 Å². The van der Waals surface area contributed by atoms with Gasteiger partial charge in [0.2, 0.25) is 0 Å². The second-order valence-electron chi connectivity index (χ2n) is 4.11. The van der Waals surface area contributed by atoms with E-state index in [0.717, 1.165) is 25.2 Å². The smallest absolute Gasteiger partial charge is 0.101 e. The van der Waals surface area contributed by atoms with Crippen molar-refractivity contribution in [3.05, 3.63) is 34.3 Å². The van der Waals surface area contributed by atoms with E-state index in [-0.39, 0.29) is 6.04 Å². The van der Waals surface area contributed by atoms with Gasteiger partial charge in [-0.25, -0.2) is 0 Å². The Kier molecular flexibility index (Phi) is 3.45. The van der Waals surface area contributed by atoms with Gasteiger partial charge in [0.05, 0.1) is 10.6 Å². The molecule has 3 nitrogen and oxygen atoms in total. The van der Waals surface area contributed by atoms with Crippen LogP contribution < -0.4 is 5.73 Å². The van der Waals surface area contributed by atoms with Crippen LogP contribution in [-0.4, -0.2) is 24.5 Å². The van der Waals surface area contributed by atoms with Gasteiger partial charge >= 0.3 is 0 Å². The van der Waals surface area contributed by atoms with Gasteiger partial charge in [0, 0.05) is 12.6 Å².